The minimum absolute atomic E-state index is 0.150. The Kier molecular flexibility index (Phi) is 9.33. The van der Waals surface area contributed by atoms with E-state index >= 15 is 0 Å². The molecule has 0 heterocycles. The van der Waals surface area contributed by atoms with Crippen molar-refractivity contribution < 1.29 is 19.1 Å². The molecule has 2 fully saturated rings. The summed E-state index contributed by atoms with van der Waals surface area (Å²) in [4.78, 5) is 25.9. The summed E-state index contributed by atoms with van der Waals surface area (Å²) in [5.41, 5.74) is 7.28. The number of rotatable bonds is 8. The summed E-state index contributed by atoms with van der Waals surface area (Å²) in [7, 11) is 3.05. The maximum Gasteiger partial charge on any atom is 0.255 e. The van der Waals surface area contributed by atoms with Gasteiger partial charge in [-0.25, -0.2) is 0 Å². The van der Waals surface area contributed by atoms with E-state index in [1.54, 1.807) is 36.4 Å². The molecule has 2 aromatic carbocycles. The topological polar surface area (TPSA) is 103 Å². The van der Waals surface area contributed by atoms with Crippen LogP contribution in [0.5, 0.6) is 11.5 Å². The SMILES string of the molecule is COc1ccc(C(=O)Nc2cc(C(=O)NC3CCC(CC4CCC(N)CC4)CC3)ccc2Cl)cc1OC. The molecular formula is C29H38ClN3O4. The Labute approximate surface area is 224 Å². The fraction of sp³-hybridized carbons (Fsp3) is 0.517. The zero-order chi connectivity index (χ0) is 26.4. The fourth-order valence-corrected chi connectivity index (χ4v) is 5.81. The van der Waals surface area contributed by atoms with Crippen LogP contribution >= 0.6 is 11.6 Å². The van der Waals surface area contributed by atoms with Gasteiger partial charge < -0.3 is 25.8 Å². The van der Waals surface area contributed by atoms with E-state index < -0.39 is 0 Å². The molecule has 7 nitrogen and oxygen atoms in total. The van der Waals surface area contributed by atoms with Crippen molar-refractivity contribution in [1.82, 2.24) is 5.32 Å². The predicted octanol–water partition coefficient (Wildman–Crippen LogP) is 5.81. The van der Waals surface area contributed by atoms with Crippen LogP contribution in [0.4, 0.5) is 5.69 Å². The lowest BCUT2D eigenvalue weighted by Crippen LogP contribution is -2.38. The standard InChI is InChI=1S/C29H38ClN3O4/c1-36-26-14-8-21(17-27(26)37-2)29(35)33-25-16-20(7-13-24(25)30)28(34)32-23-11-5-19(6-12-23)15-18-3-9-22(31)10-4-18/h7-8,13-14,16-19,22-23H,3-6,9-12,15,31H2,1-2H3,(H,32,34)(H,33,35). The summed E-state index contributed by atoms with van der Waals surface area (Å²) in [6.07, 6.45) is 10.5. The Morgan fingerprint density at radius 3 is 2.08 bits per heavy atom. The minimum Gasteiger partial charge on any atom is -0.493 e. The molecule has 0 aliphatic heterocycles. The van der Waals surface area contributed by atoms with Crippen molar-refractivity contribution in [3.8, 4) is 11.5 Å². The van der Waals surface area contributed by atoms with Crippen LogP contribution in [0.2, 0.25) is 5.02 Å². The van der Waals surface area contributed by atoms with Crippen LogP contribution in [0.1, 0.15) is 78.5 Å². The normalized spacial score (nSPS) is 23.7. The molecule has 4 rings (SSSR count). The minimum atomic E-state index is -0.362. The van der Waals surface area contributed by atoms with E-state index in [1.807, 2.05) is 0 Å². The van der Waals surface area contributed by atoms with Crippen molar-refractivity contribution in [2.24, 2.45) is 17.6 Å². The van der Waals surface area contributed by atoms with Crippen LogP contribution in [-0.2, 0) is 0 Å². The lowest BCUT2D eigenvalue weighted by Gasteiger charge is -2.33. The number of hydrogen-bond donors (Lipinski definition) is 3. The third-order valence-corrected chi connectivity index (χ3v) is 8.19. The van der Waals surface area contributed by atoms with Crippen LogP contribution in [-0.4, -0.2) is 38.1 Å². The van der Waals surface area contributed by atoms with E-state index in [9.17, 15) is 9.59 Å². The van der Waals surface area contributed by atoms with Crippen molar-refractivity contribution in [1.29, 1.82) is 0 Å². The van der Waals surface area contributed by atoms with Gasteiger partial charge in [0.2, 0.25) is 0 Å². The maximum absolute atomic E-state index is 13.0. The number of halogens is 1. The number of anilines is 1. The highest BCUT2D eigenvalue weighted by molar-refractivity contribution is 6.34. The van der Waals surface area contributed by atoms with Crippen LogP contribution < -0.4 is 25.8 Å². The number of nitrogens with two attached hydrogens (primary N) is 1. The number of nitrogens with one attached hydrogen (secondary N) is 2. The van der Waals surface area contributed by atoms with Crippen LogP contribution in [0.3, 0.4) is 0 Å². The Balaban J connectivity index is 1.31. The van der Waals surface area contributed by atoms with Crippen LogP contribution in [0, 0.1) is 11.8 Å². The molecule has 0 unspecified atom stereocenters. The molecule has 0 saturated heterocycles. The van der Waals surface area contributed by atoms with Gasteiger partial charge in [0.15, 0.2) is 11.5 Å². The third kappa shape index (κ3) is 7.17. The summed E-state index contributed by atoms with van der Waals surface area (Å²) in [5, 5.41) is 6.35. The summed E-state index contributed by atoms with van der Waals surface area (Å²) in [5.74, 6) is 2.04. The smallest absolute Gasteiger partial charge is 0.255 e. The average molecular weight is 528 g/mol. The lowest BCUT2D eigenvalue weighted by atomic mass is 9.76. The second-order valence-electron chi connectivity index (χ2n) is 10.4. The zero-order valence-corrected chi connectivity index (χ0v) is 22.5. The molecule has 37 heavy (non-hydrogen) atoms. The van der Waals surface area contributed by atoms with Gasteiger partial charge in [0.05, 0.1) is 24.9 Å². The molecule has 0 radical (unpaired) electrons. The predicted molar refractivity (Wildman–Crippen MR) is 147 cm³/mol. The highest BCUT2D eigenvalue weighted by atomic mass is 35.5. The van der Waals surface area contributed by atoms with Crippen LogP contribution in [0.15, 0.2) is 36.4 Å². The summed E-state index contributed by atoms with van der Waals surface area (Å²) >= 11 is 6.34. The van der Waals surface area contributed by atoms with E-state index in [2.05, 4.69) is 10.6 Å². The monoisotopic (exact) mass is 527 g/mol. The Hall–Kier alpha value is -2.77. The Morgan fingerprint density at radius 1 is 0.838 bits per heavy atom. The number of hydrogen-bond acceptors (Lipinski definition) is 5. The number of carbonyl (C=O) groups excluding carboxylic acids is 2. The van der Waals surface area contributed by atoms with Crippen molar-refractivity contribution >= 4 is 29.1 Å². The molecule has 0 bridgehead atoms. The van der Waals surface area contributed by atoms with E-state index in [1.165, 1.54) is 33.5 Å². The lowest BCUT2D eigenvalue weighted by molar-refractivity contribution is 0.0917. The van der Waals surface area contributed by atoms with Gasteiger partial charge in [0.25, 0.3) is 11.8 Å². The molecule has 2 aromatic rings. The molecule has 2 aliphatic carbocycles. The van der Waals surface area contributed by atoms with Crippen molar-refractivity contribution in [3.63, 3.8) is 0 Å². The van der Waals surface area contributed by atoms with Gasteiger partial charge in [0, 0.05) is 23.2 Å². The number of benzene rings is 2. The fourth-order valence-electron chi connectivity index (χ4n) is 5.64. The summed E-state index contributed by atoms with van der Waals surface area (Å²) < 4.78 is 10.5. The molecule has 8 heteroatoms. The Bertz CT molecular complexity index is 1090. The number of amides is 2. The van der Waals surface area contributed by atoms with Crippen molar-refractivity contribution in [2.45, 2.75) is 69.9 Å². The highest BCUT2D eigenvalue weighted by Crippen LogP contribution is 2.35. The molecule has 2 saturated carbocycles. The van der Waals surface area contributed by atoms with Gasteiger partial charge in [-0.1, -0.05) is 11.6 Å². The van der Waals surface area contributed by atoms with Crippen LogP contribution in [0.25, 0.3) is 0 Å². The number of methoxy groups -OCH3 is 2. The first-order valence-corrected chi connectivity index (χ1v) is 13.6. The van der Waals surface area contributed by atoms with E-state index in [0.717, 1.165) is 50.4 Å². The van der Waals surface area contributed by atoms with Gasteiger partial charge in [-0.05, 0) is 106 Å². The van der Waals surface area contributed by atoms with Crippen molar-refractivity contribution in [3.05, 3.63) is 52.5 Å². The quantitative estimate of drug-likeness (QED) is 0.402. The van der Waals surface area contributed by atoms with Gasteiger partial charge in [-0.15, -0.1) is 0 Å². The number of carbonyl (C=O) groups is 2. The summed E-state index contributed by atoms with van der Waals surface area (Å²) in [6, 6.07) is 10.4. The maximum atomic E-state index is 13.0. The molecule has 2 amide bonds. The number of ether oxygens (including phenoxy) is 2. The van der Waals surface area contributed by atoms with Gasteiger partial charge in [-0.3, -0.25) is 9.59 Å². The average Bonchev–Trinajstić information content (AvgIpc) is 2.91. The van der Waals surface area contributed by atoms with E-state index in [4.69, 9.17) is 26.8 Å². The third-order valence-electron chi connectivity index (χ3n) is 7.86. The molecule has 0 spiro atoms. The van der Waals surface area contributed by atoms with Gasteiger partial charge in [0.1, 0.15) is 0 Å². The zero-order valence-electron chi connectivity index (χ0n) is 21.7. The first kappa shape index (κ1) is 27.3. The first-order valence-electron chi connectivity index (χ1n) is 13.3. The molecule has 0 aromatic heterocycles. The van der Waals surface area contributed by atoms with Gasteiger partial charge in [-0.2, -0.15) is 0 Å². The Morgan fingerprint density at radius 2 is 1.43 bits per heavy atom. The molecule has 2 aliphatic rings. The highest BCUT2D eigenvalue weighted by Gasteiger charge is 2.27. The van der Waals surface area contributed by atoms with Gasteiger partial charge >= 0.3 is 0 Å². The molecule has 0 atom stereocenters. The first-order chi connectivity index (χ1) is 17.9. The second kappa shape index (κ2) is 12.7. The molecular weight excluding hydrogens is 490 g/mol. The summed E-state index contributed by atoms with van der Waals surface area (Å²) in [6.45, 7) is 0. The second-order valence-corrected chi connectivity index (χ2v) is 10.8. The largest absolute Gasteiger partial charge is 0.493 e. The van der Waals surface area contributed by atoms with E-state index in [0.29, 0.717) is 39.4 Å². The van der Waals surface area contributed by atoms with Crippen molar-refractivity contribution in [2.75, 3.05) is 19.5 Å². The molecule has 200 valence electrons. The molecule has 4 N–H and O–H groups in total. The van der Waals surface area contributed by atoms with E-state index in [-0.39, 0.29) is 17.9 Å².